The number of ether oxygens (including phenoxy) is 2. The van der Waals surface area contributed by atoms with Crippen molar-refractivity contribution in [2.45, 2.75) is 0 Å². The molecule has 0 amide bonds. The van der Waals surface area contributed by atoms with E-state index in [0.29, 0.717) is 12.1 Å². The van der Waals surface area contributed by atoms with Gasteiger partial charge in [0.2, 0.25) is 7.28 Å². The molecular weight excluding hydrogens is 306 g/mol. The molecule has 2 rings (SSSR count). The van der Waals surface area contributed by atoms with Gasteiger partial charge in [0.1, 0.15) is 11.6 Å². The van der Waals surface area contributed by atoms with Gasteiger partial charge in [-0.25, -0.2) is 22.0 Å². The van der Waals surface area contributed by atoms with Crippen LogP contribution in [0.2, 0.25) is 0 Å². The van der Waals surface area contributed by atoms with E-state index in [1.54, 1.807) is 0 Å². The van der Waals surface area contributed by atoms with Gasteiger partial charge in [0.25, 0.3) is 0 Å². The molecule has 0 saturated carbocycles. The fourth-order valence-corrected chi connectivity index (χ4v) is 2.17. The molecule has 2 nitrogen and oxygen atoms in total. The van der Waals surface area contributed by atoms with Crippen LogP contribution >= 0.6 is 0 Å². The standard InChI is InChI=1S/C14H10BF5O2/c1-21-13-7(3-6(16)4-9(13)18)15-11-12(20)8(17)5-10(19)14(11)22-2/h3-5,15H,1-2H3. The van der Waals surface area contributed by atoms with E-state index in [9.17, 15) is 22.0 Å². The van der Waals surface area contributed by atoms with Crippen LogP contribution in [0.25, 0.3) is 0 Å². The highest BCUT2D eigenvalue weighted by Crippen LogP contribution is 2.20. The van der Waals surface area contributed by atoms with Crippen LogP contribution in [0, 0.1) is 29.1 Å². The minimum Gasteiger partial charge on any atom is -0.494 e. The van der Waals surface area contributed by atoms with Gasteiger partial charge in [-0.2, -0.15) is 0 Å². The minimum absolute atomic E-state index is 0.109. The van der Waals surface area contributed by atoms with E-state index >= 15 is 0 Å². The number of hydrogen-bond acceptors (Lipinski definition) is 2. The van der Waals surface area contributed by atoms with Crippen molar-refractivity contribution in [1.29, 1.82) is 0 Å². The summed E-state index contributed by atoms with van der Waals surface area (Å²) in [5, 5.41) is 0. The van der Waals surface area contributed by atoms with Crippen molar-refractivity contribution >= 4 is 18.2 Å². The van der Waals surface area contributed by atoms with E-state index in [-0.39, 0.29) is 11.2 Å². The molecule has 22 heavy (non-hydrogen) atoms. The first kappa shape index (κ1) is 16.1. The first-order valence-corrected chi connectivity index (χ1v) is 6.11. The molecule has 0 aromatic heterocycles. The summed E-state index contributed by atoms with van der Waals surface area (Å²) in [5.74, 6) is -6.71. The van der Waals surface area contributed by atoms with E-state index in [1.807, 2.05) is 0 Å². The number of hydrogen-bond donors (Lipinski definition) is 0. The highest BCUT2D eigenvalue weighted by atomic mass is 19.2. The maximum absolute atomic E-state index is 13.9. The van der Waals surface area contributed by atoms with Crippen LogP contribution in [-0.4, -0.2) is 21.5 Å². The molecule has 116 valence electrons. The molecule has 0 fully saturated rings. The molecular formula is C14H10BF5O2. The van der Waals surface area contributed by atoms with Crippen molar-refractivity contribution in [2.24, 2.45) is 0 Å². The Bertz CT molecular complexity index is 721. The highest BCUT2D eigenvalue weighted by molar-refractivity contribution is 6.69. The largest absolute Gasteiger partial charge is 0.494 e. The summed E-state index contributed by atoms with van der Waals surface area (Å²) in [6.45, 7) is 0. The van der Waals surface area contributed by atoms with Crippen LogP contribution in [-0.2, 0) is 0 Å². The molecule has 0 aliphatic carbocycles. The second-order valence-corrected chi connectivity index (χ2v) is 4.42. The molecule has 0 atom stereocenters. The summed E-state index contributed by atoms with van der Waals surface area (Å²) >= 11 is 0. The topological polar surface area (TPSA) is 18.5 Å². The Kier molecular flexibility index (Phi) is 4.58. The summed E-state index contributed by atoms with van der Waals surface area (Å²) in [6.07, 6.45) is 0. The first-order chi connectivity index (χ1) is 10.4. The normalized spacial score (nSPS) is 10.5. The van der Waals surface area contributed by atoms with Crippen molar-refractivity contribution in [3.63, 3.8) is 0 Å². The van der Waals surface area contributed by atoms with Gasteiger partial charge in [-0.05, 0) is 11.5 Å². The van der Waals surface area contributed by atoms with E-state index in [1.165, 1.54) is 0 Å². The number of methoxy groups -OCH3 is 2. The summed E-state index contributed by atoms with van der Waals surface area (Å²) in [5.41, 5.74) is -0.606. The van der Waals surface area contributed by atoms with Crippen molar-refractivity contribution in [2.75, 3.05) is 14.2 Å². The summed E-state index contributed by atoms with van der Waals surface area (Å²) in [6, 6.07) is 1.81. The zero-order valence-corrected chi connectivity index (χ0v) is 11.6. The summed E-state index contributed by atoms with van der Waals surface area (Å²) < 4.78 is 77.3. The third-order valence-electron chi connectivity index (χ3n) is 3.08. The Morgan fingerprint density at radius 1 is 0.773 bits per heavy atom. The van der Waals surface area contributed by atoms with E-state index < -0.39 is 47.6 Å². The molecule has 8 heteroatoms. The van der Waals surface area contributed by atoms with Gasteiger partial charge in [-0.3, -0.25) is 0 Å². The number of rotatable bonds is 4. The molecule has 2 aromatic rings. The second kappa shape index (κ2) is 6.25. The van der Waals surface area contributed by atoms with Crippen molar-refractivity contribution in [1.82, 2.24) is 0 Å². The van der Waals surface area contributed by atoms with Gasteiger partial charge in [0.15, 0.2) is 29.0 Å². The van der Waals surface area contributed by atoms with Gasteiger partial charge in [-0.15, -0.1) is 0 Å². The van der Waals surface area contributed by atoms with Crippen LogP contribution in [0.15, 0.2) is 18.2 Å². The predicted octanol–water partition coefficient (Wildman–Crippen LogP) is 1.79. The molecule has 0 N–H and O–H groups in total. The maximum atomic E-state index is 13.9. The highest BCUT2D eigenvalue weighted by Gasteiger charge is 2.23. The van der Waals surface area contributed by atoms with Crippen molar-refractivity contribution < 1.29 is 31.4 Å². The Morgan fingerprint density at radius 2 is 1.36 bits per heavy atom. The van der Waals surface area contributed by atoms with Crippen LogP contribution in [0.4, 0.5) is 22.0 Å². The Hall–Kier alpha value is -2.25. The third-order valence-corrected chi connectivity index (χ3v) is 3.08. The quantitative estimate of drug-likeness (QED) is 0.486. The minimum atomic E-state index is -1.43. The molecule has 0 aliphatic heterocycles. The van der Waals surface area contributed by atoms with Crippen molar-refractivity contribution in [3.8, 4) is 11.5 Å². The fourth-order valence-electron chi connectivity index (χ4n) is 2.17. The van der Waals surface area contributed by atoms with Gasteiger partial charge < -0.3 is 9.47 Å². The van der Waals surface area contributed by atoms with Gasteiger partial charge in [-0.1, -0.05) is 0 Å². The van der Waals surface area contributed by atoms with Gasteiger partial charge in [0, 0.05) is 17.6 Å². The lowest BCUT2D eigenvalue weighted by atomic mass is 9.62. The Morgan fingerprint density at radius 3 is 1.95 bits per heavy atom. The van der Waals surface area contributed by atoms with Crippen LogP contribution < -0.4 is 20.4 Å². The molecule has 2 aromatic carbocycles. The van der Waals surface area contributed by atoms with Crippen LogP contribution in [0.1, 0.15) is 0 Å². The number of benzene rings is 2. The lowest BCUT2D eigenvalue weighted by Crippen LogP contribution is -2.34. The Labute approximate surface area is 123 Å². The zero-order chi connectivity index (χ0) is 16.4. The first-order valence-electron chi connectivity index (χ1n) is 6.11. The molecule has 0 spiro atoms. The lowest BCUT2D eigenvalue weighted by molar-refractivity contribution is 0.381. The average molecular weight is 316 g/mol. The second-order valence-electron chi connectivity index (χ2n) is 4.42. The molecule has 0 bridgehead atoms. The number of halogens is 5. The summed E-state index contributed by atoms with van der Waals surface area (Å²) in [7, 11) is 1.70. The molecule has 0 heterocycles. The van der Waals surface area contributed by atoms with E-state index in [0.717, 1.165) is 20.3 Å². The molecule has 0 unspecified atom stereocenters. The smallest absolute Gasteiger partial charge is 0.206 e. The van der Waals surface area contributed by atoms with Crippen LogP contribution in [0.5, 0.6) is 11.5 Å². The Balaban J connectivity index is 2.61. The van der Waals surface area contributed by atoms with E-state index in [4.69, 9.17) is 9.47 Å². The molecule has 0 saturated heterocycles. The predicted molar refractivity (Wildman–Crippen MR) is 72.2 cm³/mol. The van der Waals surface area contributed by atoms with Gasteiger partial charge >= 0.3 is 0 Å². The van der Waals surface area contributed by atoms with Crippen molar-refractivity contribution in [3.05, 3.63) is 47.3 Å². The average Bonchev–Trinajstić information content (AvgIpc) is 2.44. The monoisotopic (exact) mass is 316 g/mol. The van der Waals surface area contributed by atoms with Gasteiger partial charge in [0.05, 0.1) is 14.2 Å². The maximum Gasteiger partial charge on any atom is 0.206 e. The van der Waals surface area contributed by atoms with E-state index in [2.05, 4.69) is 0 Å². The third kappa shape index (κ3) is 2.86. The summed E-state index contributed by atoms with van der Waals surface area (Å²) in [4.78, 5) is 0. The zero-order valence-electron chi connectivity index (χ0n) is 11.6. The lowest BCUT2D eigenvalue weighted by Gasteiger charge is -2.13. The SMILES string of the molecule is COc1c(F)cc(F)cc1Bc1c(F)c(F)cc(F)c1OC. The molecule has 0 radical (unpaired) electrons. The fraction of sp³-hybridized carbons (Fsp3) is 0.143. The van der Waals surface area contributed by atoms with Crippen LogP contribution in [0.3, 0.4) is 0 Å². The molecule has 0 aliphatic rings.